The van der Waals surface area contributed by atoms with Crippen LogP contribution >= 0.6 is 11.3 Å². The van der Waals surface area contributed by atoms with E-state index in [2.05, 4.69) is 10.2 Å². The molecule has 0 unspecified atom stereocenters. The summed E-state index contributed by atoms with van der Waals surface area (Å²) in [5.74, 6) is -4.10. The van der Waals surface area contributed by atoms with Crippen molar-refractivity contribution >= 4 is 40.2 Å². The Hall–Kier alpha value is -3.24. The van der Waals surface area contributed by atoms with Gasteiger partial charge in [-0.2, -0.15) is 0 Å². The highest BCUT2D eigenvalue weighted by molar-refractivity contribution is 7.15. The van der Waals surface area contributed by atoms with Crippen LogP contribution < -0.4 is 5.32 Å². The van der Waals surface area contributed by atoms with E-state index in [-0.39, 0.29) is 5.91 Å². The number of rotatable bonds is 7. The number of esters is 1. The molecule has 1 saturated heterocycles. The normalized spacial score (nSPS) is 13.7. The highest BCUT2D eigenvalue weighted by atomic mass is 32.1. The van der Waals surface area contributed by atoms with E-state index in [0.29, 0.717) is 23.6 Å². The SMILES string of the molecule is CCOC(=O)c1c(-c2ccc(C)cc2)csc1NC(=O)CCN1CCCCCC1.O=C(O)C(=O)O. The van der Waals surface area contributed by atoms with Crippen LogP contribution in [0.2, 0.25) is 0 Å². The van der Waals surface area contributed by atoms with Gasteiger partial charge in [-0.25, -0.2) is 14.4 Å². The quantitative estimate of drug-likeness (QED) is 0.376. The number of thiophene rings is 1. The molecule has 3 N–H and O–H groups in total. The number of anilines is 1. The van der Waals surface area contributed by atoms with E-state index in [1.54, 1.807) is 6.92 Å². The Morgan fingerprint density at radius 2 is 1.60 bits per heavy atom. The second-order valence-corrected chi connectivity index (χ2v) is 8.98. The van der Waals surface area contributed by atoms with Gasteiger partial charge in [-0.3, -0.25) is 4.79 Å². The van der Waals surface area contributed by atoms with Gasteiger partial charge in [-0.1, -0.05) is 42.7 Å². The number of nitrogens with zero attached hydrogens (tertiary/aromatic N) is 1. The first-order valence-electron chi connectivity index (χ1n) is 11.6. The van der Waals surface area contributed by atoms with Gasteiger partial charge in [0, 0.05) is 23.9 Å². The summed E-state index contributed by atoms with van der Waals surface area (Å²) >= 11 is 1.38. The van der Waals surface area contributed by atoms with Crippen molar-refractivity contribution in [1.82, 2.24) is 4.90 Å². The van der Waals surface area contributed by atoms with Crippen molar-refractivity contribution in [2.24, 2.45) is 0 Å². The first kappa shape index (κ1) is 28.0. The van der Waals surface area contributed by atoms with Crippen molar-refractivity contribution in [2.75, 3.05) is 31.6 Å². The zero-order valence-electron chi connectivity index (χ0n) is 20.0. The monoisotopic (exact) mass is 504 g/mol. The summed E-state index contributed by atoms with van der Waals surface area (Å²) in [4.78, 5) is 45.8. The Labute approximate surface area is 208 Å². The molecule has 1 aliphatic heterocycles. The summed E-state index contributed by atoms with van der Waals surface area (Å²) in [7, 11) is 0. The summed E-state index contributed by atoms with van der Waals surface area (Å²) in [6.45, 7) is 7.01. The van der Waals surface area contributed by atoms with Gasteiger partial charge < -0.3 is 25.2 Å². The number of aryl methyl sites for hydroxylation is 1. The van der Waals surface area contributed by atoms with E-state index in [0.717, 1.165) is 36.3 Å². The van der Waals surface area contributed by atoms with Crippen LogP contribution in [-0.2, 0) is 19.1 Å². The van der Waals surface area contributed by atoms with Gasteiger partial charge in [0.05, 0.1) is 6.61 Å². The maximum atomic E-state index is 12.6. The van der Waals surface area contributed by atoms with E-state index in [1.165, 1.54) is 37.0 Å². The molecular weight excluding hydrogens is 472 g/mol. The van der Waals surface area contributed by atoms with Crippen LogP contribution in [0.5, 0.6) is 0 Å². The number of hydrogen-bond donors (Lipinski definition) is 3. The number of hydrogen-bond acceptors (Lipinski definition) is 7. The van der Waals surface area contributed by atoms with E-state index in [4.69, 9.17) is 24.5 Å². The standard InChI is InChI=1S/C23H30N2O3S.C2H2O4/c1-3-28-23(27)21-19(18-10-8-17(2)9-11-18)16-29-22(21)24-20(26)12-15-25-13-6-4-5-7-14-25;3-1(4)2(5)6/h8-11,16H,3-7,12-15H2,1-2H3,(H,24,26);(H,3,4)(H,5,6). The highest BCUT2D eigenvalue weighted by Crippen LogP contribution is 2.36. The molecule has 9 nitrogen and oxygen atoms in total. The third-order valence-electron chi connectivity index (χ3n) is 5.42. The summed E-state index contributed by atoms with van der Waals surface area (Å²) in [6.07, 6.45) is 5.41. The van der Waals surface area contributed by atoms with Crippen molar-refractivity contribution in [2.45, 2.75) is 46.0 Å². The van der Waals surface area contributed by atoms with Crippen LogP contribution in [0.4, 0.5) is 5.00 Å². The van der Waals surface area contributed by atoms with Crippen molar-refractivity contribution < 1.29 is 34.1 Å². The Bertz CT molecular complexity index is 997. The molecule has 0 aliphatic carbocycles. The first-order valence-corrected chi connectivity index (χ1v) is 12.4. The first-order chi connectivity index (χ1) is 16.7. The minimum Gasteiger partial charge on any atom is -0.473 e. The van der Waals surface area contributed by atoms with Gasteiger partial charge in [0.1, 0.15) is 10.6 Å². The molecule has 35 heavy (non-hydrogen) atoms. The van der Waals surface area contributed by atoms with E-state index in [9.17, 15) is 9.59 Å². The Kier molecular flexibility index (Phi) is 11.4. The van der Waals surface area contributed by atoms with Crippen molar-refractivity contribution in [3.63, 3.8) is 0 Å². The van der Waals surface area contributed by atoms with Gasteiger partial charge in [-0.15, -0.1) is 11.3 Å². The van der Waals surface area contributed by atoms with Crippen LogP contribution in [0.25, 0.3) is 11.1 Å². The lowest BCUT2D eigenvalue weighted by atomic mass is 10.0. The zero-order chi connectivity index (χ0) is 25.8. The van der Waals surface area contributed by atoms with Gasteiger partial charge >= 0.3 is 17.9 Å². The predicted octanol–water partition coefficient (Wildman–Crippen LogP) is 4.26. The number of carboxylic acid groups (broad SMARTS) is 2. The molecule has 0 saturated carbocycles. The van der Waals surface area contributed by atoms with Gasteiger partial charge in [0.2, 0.25) is 5.91 Å². The minimum atomic E-state index is -1.82. The molecule has 0 radical (unpaired) electrons. The second-order valence-electron chi connectivity index (χ2n) is 8.10. The molecule has 190 valence electrons. The largest absolute Gasteiger partial charge is 0.473 e. The fraction of sp³-hybridized carbons (Fsp3) is 0.440. The zero-order valence-corrected chi connectivity index (χ0v) is 20.9. The highest BCUT2D eigenvalue weighted by Gasteiger charge is 2.23. The van der Waals surface area contributed by atoms with Crippen LogP contribution in [0, 0.1) is 6.92 Å². The maximum absolute atomic E-state index is 12.6. The average molecular weight is 505 g/mol. The number of benzene rings is 1. The maximum Gasteiger partial charge on any atom is 0.414 e. The summed E-state index contributed by atoms with van der Waals surface area (Å²) in [5, 5.41) is 20.2. The van der Waals surface area contributed by atoms with E-state index < -0.39 is 17.9 Å². The molecule has 1 fully saturated rings. The lowest BCUT2D eigenvalue weighted by Gasteiger charge is -2.19. The van der Waals surface area contributed by atoms with Crippen LogP contribution in [-0.4, -0.2) is 65.2 Å². The number of nitrogens with one attached hydrogen (secondary N) is 1. The molecule has 0 atom stereocenters. The molecule has 0 bridgehead atoms. The summed E-state index contributed by atoms with van der Waals surface area (Å²) < 4.78 is 5.27. The second kappa shape index (κ2) is 14.2. The van der Waals surface area contributed by atoms with Crippen molar-refractivity contribution in [3.05, 3.63) is 40.8 Å². The molecule has 2 aromatic rings. The fourth-order valence-corrected chi connectivity index (χ4v) is 4.58. The number of carboxylic acids is 2. The topological polar surface area (TPSA) is 133 Å². The number of amides is 1. The summed E-state index contributed by atoms with van der Waals surface area (Å²) in [6, 6.07) is 8.01. The number of aliphatic carboxylic acids is 2. The van der Waals surface area contributed by atoms with E-state index >= 15 is 0 Å². The molecule has 1 aromatic heterocycles. The number of carbonyl (C=O) groups is 4. The molecule has 1 amide bonds. The van der Waals surface area contributed by atoms with E-state index in [1.807, 2.05) is 36.6 Å². The van der Waals surface area contributed by atoms with Crippen molar-refractivity contribution in [1.29, 1.82) is 0 Å². The Morgan fingerprint density at radius 3 is 2.14 bits per heavy atom. The molecule has 1 aliphatic rings. The van der Waals surface area contributed by atoms with Crippen molar-refractivity contribution in [3.8, 4) is 11.1 Å². The van der Waals surface area contributed by atoms with Gasteiger partial charge in [0.15, 0.2) is 0 Å². The lowest BCUT2D eigenvalue weighted by Crippen LogP contribution is -2.28. The smallest absolute Gasteiger partial charge is 0.414 e. The molecule has 2 heterocycles. The molecule has 3 rings (SSSR count). The number of likely N-dealkylation sites (tertiary alicyclic amines) is 1. The molecule has 1 aromatic carbocycles. The average Bonchev–Trinajstić information content (AvgIpc) is 3.05. The van der Waals surface area contributed by atoms with Crippen LogP contribution in [0.1, 0.15) is 54.9 Å². The molecular formula is C25H32N2O7S. The van der Waals surface area contributed by atoms with Crippen LogP contribution in [0.3, 0.4) is 0 Å². The molecule has 10 heteroatoms. The summed E-state index contributed by atoms with van der Waals surface area (Å²) in [5.41, 5.74) is 3.35. The number of ether oxygens (including phenoxy) is 1. The fourth-order valence-electron chi connectivity index (χ4n) is 3.61. The Morgan fingerprint density at radius 1 is 1.00 bits per heavy atom. The Balaban J connectivity index is 0.000000641. The van der Waals surface area contributed by atoms with Gasteiger partial charge in [-0.05, 0) is 45.3 Å². The predicted molar refractivity (Wildman–Crippen MR) is 134 cm³/mol. The van der Waals surface area contributed by atoms with Crippen LogP contribution in [0.15, 0.2) is 29.6 Å². The third-order valence-corrected chi connectivity index (χ3v) is 6.32. The minimum absolute atomic E-state index is 0.0582. The molecule has 0 spiro atoms. The van der Waals surface area contributed by atoms with Gasteiger partial charge in [0.25, 0.3) is 0 Å². The number of carbonyl (C=O) groups excluding carboxylic acids is 2. The third kappa shape index (κ3) is 9.14. The lowest BCUT2D eigenvalue weighted by molar-refractivity contribution is -0.159.